The van der Waals surface area contributed by atoms with Crippen LogP contribution in [0.3, 0.4) is 0 Å². The Labute approximate surface area is 180 Å². The molecular formula is C22H28BrN3OS. The quantitative estimate of drug-likeness (QED) is 0.472. The van der Waals surface area contributed by atoms with Gasteiger partial charge in [-0.15, -0.1) is 11.8 Å². The molecule has 1 amide bonds. The molecule has 0 unspecified atom stereocenters. The Kier molecular flexibility index (Phi) is 8.25. The molecule has 1 N–H and O–H groups in total. The summed E-state index contributed by atoms with van der Waals surface area (Å²) in [5, 5.41) is 3.05. The number of aryl methyl sites for hydroxylation is 1. The molecule has 0 radical (unpaired) electrons. The van der Waals surface area contributed by atoms with Gasteiger partial charge in [-0.3, -0.25) is 9.69 Å². The van der Waals surface area contributed by atoms with Crippen LogP contribution in [0.15, 0.2) is 57.9 Å². The number of hydrogen-bond donors (Lipinski definition) is 1. The molecule has 3 rings (SSSR count). The Morgan fingerprint density at radius 1 is 1.11 bits per heavy atom. The maximum Gasteiger partial charge on any atom is 0.230 e. The average Bonchev–Trinajstić information content (AvgIpc) is 2.72. The second kappa shape index (κ2) is 10.9. The molecule has 1 saturated heterocycles. The Bertz CT molecular complexity index is 764. The molecule has 4 nitrogen and oxygen atoms in total. The molecule has 1 heterocycles. The van der Waals surface area contributed by atoms with Crippen molar-refractivity contribution in [1.29, 1.82) is 0 Å². The van der Waals surface area contributed by atoms with Gasteiger partial charge in [0.05, 0.1) is 5.75 Å². The SMILES string of the molecule is Cc1cc(Br)ccc1SCC(=O)NCCCN1CCN(c2ccccc2)CC1. The van der Waals surface area contributed by atoms with E-state index in [1.807, 2.05) is 6.07 Å². The first-order valence-corrected chi connectivity index (χ1v) is 11.6. The van der Waals surface area contributed by atoms with E-state index >= 15 is 0 Å². The van der Waals surface area contributed by atoms with Gasteiger partial charge in [0.25, 0.3) is 0 Å². The lowest BCUT2D eigenvalue weighted by Gasteiger charge is -2.36. The first-order chi connectivity index (χ1) is 13.6. The third-order valence-corrected chi connectivity index (χ3v) is 6.63. The summed E-state index contributed by atoms with van der Waals surface area (Å²) in [4.78, 5) is 18.2. The van der Waals surface area contributed by atoms with Gasteiger partial charge in [-0.05, 0) is 55.8 Å². The van der Waals surface area contributed by atoms with Crippen molar-refractivity contribution in [2.75, 3.05) is 49.9 Å². The number of para-hydroxylation sites is 1. The Morgan fingerprint density at radius 3 is 2.57 bits per heavy atom. The van der Waals surface area contributed by atoms with Crippen LogP contribution in [0.1, 0.15) is 12.0 Å². The summed E-state index contributed by atoms with van der Waals surface area (Å²) in [7, 11) is 0. The first-order valence-electron chi connectivity index (χ1n) is 9.80. The highest BCUT2D eigenvalue weighted by Gasteiger charge is 2.16. The highest BCUT2D eigenvalue weighted by atomic mass is 79.9. The van der Waals surface area contributed by atoms with Crippen LogP contribution in [0, 0.1) is 6.92 Å². The summed E-state index contributed by atoms with van der Waals surface area (Å²) in [6.45, 7) is 8.17. The number of amides is 1. The standard InChI is InChI=1S/C22H28BrN3OS/c1-18-16-19(23)8-9-21(18)28-17-22(27)24-10-5-11-25-12-14-26(15-13-25)20-6-3-2-4-7-20/h2-4,6-9,16H,5,10-15,17H2,1H3,(H,24,27). The number of thioether (sulfide) groups is 1. The van der Waals surface area contributed by atoms with E-state index in [0.29, 0.717) is 5.75 Å². The van der Waals surface area contributed by atoms with Crippen LogP contribution in [0.5, 0.6) is 0 Å². The third-order valence-electron chi connectivity index (χ3n) is 4.96. The fourth-order valence-corrected chi connectivity index (χ4v) is 4.68. The fourth-order valence-electron chi connectivity index (χ4n) is 3.37. The van der Waals surface area contributed by atoms with Crippen LogP contribution < -0.4 is 10.2 Å². The summed E-state index contributed by atoms with van der Waals surface area (Å²) in [6.07, 6.45) is 0.999. The number of hydrogen-bond acceptors (Lipinski definition) is 4. The molecule has 2 aromatic rings. The second-order valence-corrected chi connectivity index (χ2v) is 9.00. The van der Waals surface area contributed by atoms with E-state index < -0.39 is 0 Å². The van der Waals surface area contributed by atoms with Crippen molar-refractivity contribution in [3.8, 4) is 0 Å². The molecule has 0 spiro atoms. The maximum absolute atomic E-state index is 12.1. The zero-order valence-corrected chi connectivity index (χ0v) is 18.8. The van der Waals surface area contributed by atoms with Crippen LogP contribution in [0.25, 0.3) is 0 Å². The lowest BCUT2D eigenvalue weighted by molar-refractivity contribution is -0.118. The normalized spacial score (nSPS) is 14.9. The van der Waals surface area contributed by atoms with Crippen molar-refractivity contribution in [3.05, 3.63) is 58.6 Å². The minimum Gasteiger partial charge on any atom is -0.369 e. The molecular weight excluding hydrogens is 434 g/mol. The molecule has 6 heteroatoms. The van der Waals surface area contributed by atoms with E-state index in [0.717, 1.165) is 55.1 Å². The van der Waals surface area contributed by atoms with Gasteiger partial charge in [0.15, 0.2) is 0 Å². The molecule has 2 aromatic carbocycles. The zero-order chi connectivity index (χ0) is 19.8. The maximum atomic E-state index is 12.1. The van der Waals surface area contributed by atoms with E-state index in [-0.39, 0.29) is 5.91 Å². The summed E-state index contributed by atoms with van der Waals surface area (Å²) in [5.74, 6) is 0.583. The summed E-state index contributed by atoms with van der Waals surface area (Å²) < 4.78 is 1.07. The first kappa shape index (κ1) is 21.2. The van der Waals surface area contributed by atoms with Gasteiger partial charge >= 0.3 is 0 Å². The van der Waals surface area contributed by atoms with E-state index in [9.17, 15) is 4.79 Å². The molecule has 0 bridgehead atoms. The number of nitrogens with one attached hydrogen (secondary N) is 1. The van der Waals surface area contributed by atoms with E-state index in [4.69, 9.17) is 0 Å². The minimum absolute atomic E-state index is 0.112. The average molecular weight is 462 g/mol. The Balaban J connectivity index is 1.28. The van der Waals surface area contributed by atoms with Crippen LogP contribution >= 0.6 is 27.7 Å². The van der Waals surface area contributed by atoms with Gasteiger partial charge in [-0.1, -0.05) is 34.1 Å². The summed E-state index contributed by atoms with van der Waals surface area (Å²) in [5.41, 5.74) is 2.51. The summed E-state index contributed by atoms with van der Waals surface area (Å²) >= 11 is 5.07. The van der Waals surface area contributed by atoms with E-state index in [2.05, 4.69) is 80.4 Å². The van der Waals surface area contributed by atoms with Crippen molar-refractivity contribution in [1.82, 2.24) is 10.2 Å². The van der Waals surface area contributed by atoms with Gasteiger partial charge in [0.1, 0.15) is 0 Å². The van der Waals surface area contributed by atoms with Crippen molar-refractivity contribution in [3.63, 3.8) is 0 Å². The predicted octanol–water partition coefficient (Wildman–Crippen LogP) is 4.18. The minimum atomic E-state index is 0.112. The number of halogens is 1. The van der Waals surface area contributed by atoms with Gasteiger partial charge < -0.3 is 10.2 Å². The number of carbonyl (C=O) groups is 1. The topological polar surface area (TPSA) is 35.6 Å². The van der Waals surface area contributed by atoms with Crippen molar-refractivity contribution < 1.29 is 4.79 Å². The van der Waals surface area contributed by atoms with Gasteiger partial charge in [0.2, 0.25) is 5.91 Å². The van der Waals surface area contributed by atoms with Crippen molar-refractivity contribution in [2.45, 2.75) is 18.2 Å². The van der Waals surface area contributed by atoms with Crippen molar-refractivity contribution >= 4 is 39.3 Å². The molecule has 1 aliphatic rings. The number of carbonyl (C=O) groups excluding carboxylic acids is 1. The molecule has 0 aromatic heterocycles. The van der Waals surface area contributed by atoms with Gasteiger partial charge in [-0.25, -0.2) is 0 Å². The monoisotopic (exact) mass is 461 g/mol. The number of piperazine rings is 1. The molecule has 1 fully saturated rings. The summed E-state index contributed by atoms with van der Waals surface area (Å²) in [6, 6.07) is 16.8. The lowest BCUT2D eigenvalue weighted by Crippen LogP contribution is -2.47. The lowest BCUT2D eigenvalue weighted by atomic mass is 10.2. The van der Waals surface area contributed by atoms with E-state index in [1.54, 1.807) is 11.8 Å². The molecule has 1 aliphatic heterocycles. The number of nitrogens with zero attached hydrogens (tertiary/aromatic N) is 2. The highest BCUT2D eigenvalue weighted by molar-refractivity contribution is 9.10. The molecule has 28 heavy (non-hydrogen) atoms. The fraction of sp³-hybridized carbons (Fsp3) is 0.409. The molecule has 0 saturated carbocycles. The van der Waals surface area contributed by atoms with Gasteiger partial charge in [0, 0.05) is 47.8 Å². The van der Waals surface area contributed by atoms with Crippen LogP contribution in [-0.4, -0.2) is 55.8 Å². The van der Waals surface area contributed by atoms with Gasteiger partial charge in [-0.2, -0.15) is 0 Å². The van der Waals surface area contributed by atoms with Crippen LogP contribution in [0.4, 0.5) is 5.69 Å². The third kappa shape index (κ3) is 6.54. The Morgan fingerprint density at radius 2 is 1.86 bits per heavy atom. The predicted molar refractivity (Wildman–Crippen MR) is 122 cm³/mol. The van der Waals surface area contributed by atoms with Crippen LogP contribution in [-0.2, 0) is 4.79 Å². The highest BCUT2D eigenvalue weighted by Crippen LogP contribution is 2.25. The largest absolute Gasteiger partial charge is 0.369 e. The van der Waals surface area contributed by atoms with E-state index in [1.165, 1.54) is 11.3 Å². The van der Waals surface area contributed by atoms with Crippen LogP contribution in [0.2, 0.25) is 0 Å². The van der Waals surface area contributed by atoms with Crippen molar-refractivity contribution in [2.24, 2.45) is 0 Å². The smallest absolute Gasteiger partial charge is 0.230 e. The Hall–Kier alpha value is -1.50. The molecule has 0 atom stereocenters. The molecule has 150 valence electrons. The number of benzene rings is 2. The zero-order valence-electron chi connectivity index (χ0n) is 16.4. The number of rotatable bonds is 8. The number of anilines is 1. The molecule has 0 aliphatic carbocycles. The second-order valence-electron chi connectivity index (χ2n) is 7.07.